The summed E-state index contributed by atoms with van der Waals surface area (Å²) in [6.45, 7) is 3.63. The van der Waals surface area contributed by atoms with Crippen LogP contribution in [0.25, 0.3) is 0 Å². The molecule has 0 N–H and O–H groups in total. The minimum atomic E-state index is 0.163. The van der Waals surface area contributed by atoms with Gasteiger partial charge in [0.15, 0.2) is 0 Å². The van der Waals surface area contributed by atoms with Crippen molar-refractivity contribution in [2.75, 3.05) is 13.1 Å². The van der Waals surface area contributed by atoms with E-state index < -0.39 is 0 Å². The Hall–Kier alpha value is -1.32. The van der Waals surface area contributed by atoms with E-state index in [0.29, 0.717) is 6.42 Å². The average Bonchev–Trinajstić information content (AvgIpc) is 2.75. The average molecular weight is 194 g/mol. The Labute approximate surface area is 82.9 Å². The summed E-state index contributed by atoms with van der Waals surface area (Å²) in [6.07, 6.45) is 2.63. The second kappa shape index (κ2) is 3.82. The van der Waals surface area contributed by atoms with Gasteiger partial charge in [0.25, 0.3) is 0 Å². The van der Waals surface area contributed by atoms with Crippen molar-refractivity contribution >= 4 is 5.91 Å². The lowest BCUT2D eigenvalue weighted by molar-refractivity contribution is -0.129. The van der Waals surface area contributed by atoms with E-state index in [2.05, 4.69) is 5.16 Å². The number of carbonyl (C=O) groups is 1. The van der Waals surface area contributed by atoms with E-state index in [0.717, 1.165) is 37.4 Å². The van der Waals surface area contributed by atoms with Crippen LogP contribution >= 0.6 is 0 Å². The normalized spacial score (nSPS) is 16.2. The summed E-state index contributed by atoms with van der Waals surface area (Å²) in [4.78, 5) is 13.6. The highest BCUT2D eigenvalue weighted by molar-refractivity contribution is 5.78. The molecular formula is C10H14N2O2. The van der Waals surface area contributed by atoms with E-state index in [1.54, 1.807) is 0 Å². The number of likely N-dealkylation sites (tertiary alicyclic amines) is 1. The summed E-state index contributed by atoms with van der Waals surface area (Å²) < 4.78 is 4.91. The third-order valence-corrected chi connectivity index (χ3v) is 2.47. The third kappa shape index (κ3) is 1.95. The molecule has 0 bridgehead atoms. The molecule has 1 fully saturated rings. The maximum atomic E-state index is 11.7. The molecule has 14 heavy (non-hydrogen) atoms. The second-order valence-corrected chi connectivity index (χ2v) is 3.69. The van der Waals surface area contributed by atoms with Gasteiger partial charge >= 0.3 is 0 Å². The number of hydrogen-bond donors (Lipinski definition) is 0. The molecule has 1 aliphatic heterocycles. The molecule has 0 radical (unpaired) electrons. The van der Waals surface area contributed by atoms with Gasteiger partial charge in [0.05, 0.1) is 12.1 Å². The van der Waals surface area contributed by atoms with Gasteiger partial charge in [-0.3, -0.25) is 4.79 Å². The van der Waals surface area contributed by atoms with E-state index in [4.69, 9.17) is 4.52 Å². The van der Waals surface area contributed by atoms with Gasteiger partial charge in [-0.25, -0.2) is 0 Å². The molecule has 0 spiro atoms. The molecule has 1 aromatic rings. The maximum Gasteiger partial charge on any atom is 0.228 e. The molecule has 0 unspecified atom stereocenters. The summed E-state index contributed by atoms with van der Waals surface area (Å²) in [5.41, 5.74) is 0.736. The van der Waals surface area contributed by atoms with Gasteiger partial charge in [-0.05, 0) is 19.8 Å². The van der Waals surface area contributed by atoms with Crippen LogP contribution in [0.3, 0.4) is 0 Å². The van der Waals surface area contributed by atoms with Gasteiger partial charge in [-0.1, -0.05) is 5.16 Å². The highest BCUT2D eigenvalue weighted by atomic mass is 16.5. The molecule has 1 aromatic heterocycles. The molecule has 0 aromatic carbocycles. The molecule has 0 atom stereocenters. The van der Waals surface area contributed by atoms with Crippen LogP contribution in [-0.4, -0.2) is 29.1 Å². The Bertz CT molecular complexity index is 327. The van der Waals surface area contributed by atoms with Crippen LogP contribution in [0.4, 0.5) is 0 Å². The molecule has 1 amide bonds. The first-order valence-corrected chi connectivity index (χ1v) is 4.95. The SMILES string of the molecule is Cc1cc(CC(=O)N2CCCC2)no1. The molecule has 4 heteroatoms. The fraction of sp³-hybridized carbons (Fsp3) is 0.600. The van der Waals surface area contributed by atoms with E-state index in [9.17, 15) is 4.79 Å². The lowest BCUT2D eigenvalue weighted by atomic mass is 10.2. The molecular weight excluding hydrogens is 180 g/mol. The zero-order valence-corrected chi connectivity index (χ0v) is 8.32. The number of carbonyl (C=O) groups excluding carboxylic acids is 1. The lowest BCUT2D eigenvalue weighted by Gasteiger charge is -2.13. The number of nitrogens with zero attached hydrogens (tertiary/aromatic N) is 2. The lowest BCUT2D eigenvalue weighted by Crippen LogP contribution is -2.29. The summed E-state index contributed by atoms with van der Waals surface area (Å²) in [6, 6.07) is 1.81. The van der Waals surface area contributed by atoms with Crippen molar-refractivity contribution in [3.63, 3.8) is 0 Å². The predicted octanol–water partition coefficient (Wildman–Crippen LogP) is 1.15. The van der Waals surface area contributed by atoms with Gasteiger partial charge in [0, 0.05) is 19.2 Å². The van der Waals surface area contributed by atoms with E-state index in [-0.39, 0.29) is 5.91 Å². The van der Waals surface area contributed by atoms with Crippen LogP contribution in [0.2, 0.25) is 0 Å². The summed E-state index contributed by atoms with van der Waals surface area (Å²) in [5.74, 6) is 0.921. The van der Waals surface area contributed by atoms with Crippen molar-refractivity contribution < 1.29 is 9.32 Å². The van der Waals surface area contributed by atoms with Crippen molar-refractivity contribution in [1.82, 2.24) is 10.1 Å². The number of rotatable bonds is 2. The number of aromatic nitrogens is 1. The van der Waals surface area contributed by atoms with Gasteiger partial charge in [0.2, 0.25) is 5.91 Å². The van der Waals surface area contributed by atoms with Crippen LogP contribution in [0.15, 0.2) is 10.6 Å². The highest BCUT2D eigenvalue weighted by Gasteiger charge is 2.18. The Morgan fingerprint density at radius 2 is 2.29 bits per heavy atom. The van der Waals surface area contributed by atoms with Gasteiger partial charge in [0.1, 0.15) is 5.76 Å². The molecule has 0 saturated carbocycles. The standard InChI is InChI=1S/C10H14N2O2/c1-8-6-9(11-14-8)7-10(13)12-4-2-3-5-12/h6H,2-5,7H2,1H3. The molecule has 0 aliphatic carbocycles. The largest absolute Gasteiger partial charge is 0.361 e. The first kappa shape index (κ1) is 9.24. The fourth-order valence-electron chi connectivity index (χ4n) is 1.73. The number of amides is 1. The first-order valence-electron chi connectivity index (χ1n) is 4.95. The van der Waals surface area contributed by atoms with E-state index >= 15 is 0 Å². The molecule has 4 nitrogen and oxygen atoms in total. The minimum absolute atomic E-state index is 0.163. The summed E-state index contributed by atoms with van der Waals surface area (Å²) in [7, 11) is 0. The van der Waals surface area contributed by atoms with Gasteiger partial charge in [-0.15, -0.1) is 0 Å². The van der Waals surface area contributed by atoms with Crippen molar-refractivity contribution in [2.45, 2.75) is 26.2 Å². The van der Waals surface area contributed by atoms with Crippen LogP contribution < -0.4 is 0 Å². The molecule has 1 saturated heterocycles. The van der Waals surface area contributed by atoms with Crippen molar-refractivity contribution in [2.24, 2.45) is 0 Å². The minimum Gasteiger partial charge on any atom is -0.361 e. The van der Waals surface area contributed by atoms with Gasteiger partial charge < -0.3 is 9.42 Å². The summed E-state index contributed by atoms with van der Waals surface area (Å²) >= 11 is 0. The Morgan fingerprint density at radius 1 is 1.57 bits per heavy atom. The zero-order chi connectivity index (χ0) is 9.97. The van der Waals surface area contributed by atoms with Crippen LogP contribution in [-0.2, 0) is 11.2 Å². The Kier molecular flexibility index (Phi) is 2.52. The smallest absolute Gasteiger partial charge is 0.228 e. The van der Waals surface area contributed by atoms with Crippen LogP contribution in [0.1, 0.15) is 24.3 Å². The molecule has 2 rings (SSSR count). The monoisotopic (exact) mass is 194 g/mol. The number of aryl methyl sites for hydroxylation is 1. The summed E-state index contributed by atoms with van der Waals surface area (Å²) in [5, 5.41) is 3.80. The third-order valence-electron chi connectivity index (χ3n) is 2.47. The maximum absolute atomic E-state index is 11.7. The zero-order valence-electron chi connectivity index (χ0n) is 8.32. The van der Waals surface area contributed by atoms with Crippen molar-refractivity contribution in [1.29, 1.82) is 0 Å². The predicted molar refractivity (Wildman–Crippen MR) is 50.8 cm³/mol. The van der Waals surface area contributed by atoms with Crippen LogP contribution in [0.5, 0.6) is 0 Å². The molecule has 2 heterocycles. The van der Waals surface area contributed by atoms with E-state index in [1.807, 2.05) is 17.9 Å². The first-order chi connectivity index (χ1) is 6.75. The van der Waals surface area contributed by atoms with Crippen LogP contribution in [0, 0.1) is 6.92 Å². The fourth-order valence-corrected chi connectivity index (χ4v) is 1.73. The van der Waals surface area contributed by atoms with Crippen molar-refractivity contribution in [3.05, 3.63) is 17.5 Å². The topological polar surface area (TPSA) is 46.3 Å². The highest BCUT2D eigenvalue weighted by Crippen LogP contribution is 2.10. The van der Waals surface area contributed by atoms with Crippen molar-refractivity contribution in [3.8, 4) is 0 Å². The number of hydrogen-bond acceptors (Lipinski definition) is 3. The second-order valence-electron chi connectivity index (χ2n) is 3.69. The van der Waals surface area contributed by atoms with Gasteiger partial charge in [-0.2, -0.15) is 0 Å². The molecule has 76 valence electrons. The molecule has 1 aliphatic rings. The quantitative estimate of drug-likeness (QED) is 0.709. The Morgan fingerprint density at radius 3 is 2.86 bits per heavy atom. The van der Waals surface area contributed by atoms with E-state index in [1.165, 1.54) is 0 Å². The Balaban J connectivity index is 1.93.